The number of rotatable bonds is 3. The van der Waals surface area contributed by atoms with Crippen LogP contribution in [0.1, 0.15) is 15.2 Å². The SMILES string of the molecule is C=CC[NH+]1CCN(C(=O)c2sc3cc(C)ccc3c2Cl)CC1. The second kappa shape index (κ2) is 6.41. The molecule has 0 unspecified atom stereocenters. The number of thiophene rings is 1. The van der Waals surface area contributed by atoms with E-state index >= 15 is 0 Å². The van der Waals surface area contributed by atoms with E-state index in [2.05, 4.69) is 19.6 Å². The summed E-state index contributed by atoms with van der Waals surface area (Å²) in [7, 11) is 0. The van der Waals surface area contributed by atoms with Gasteiger partial charge < -0.3 is 9.80 Å². The fraction of sp³-hybridized carbons (Fsp3) is 0.353. The number of carbonyl (C=O) groups excluding carboxylic acids is 1. The Bertz CT molecular complexity index is 717. The third-order valence-electron chi connectivity index (χ3n) is 4.17. The number of aryl methyl sites for hydroxylation is 1. The Morgan fingerprint density at radius 3 is 2.86 bits per heavy atom. The Morgan fingerprint density at radius 1 is 1.45 bits per heavy atom. The van der Waals surface area contributed by atoms with Gasteiger partial charge in [0.25, 0.3) is 5.91 Å². The smallest absolute Gasteiger partial charge is 0.265 e. The average Bonchev–Trinajstić information content (AvgIpc) is 2.84. The molecule has 1 fully saturated rings. The van der Waals surface area contributed by atoms with Crippen molar-refractivity contribution >= 4 is 38.9 Å². The number of amides is 1. The number of hydrogen-bond donors (Lipinski definition) is 1. The van der Waals surface area contributed by atoms with E-state index in [1.165, 1.54) is 21.8 Å². The normalized spacial score (nSPS) is 16.2. The van der Waals surface area contributed by atoms with E-state index in [0.717, 1.165) is 42.8 Å². The van der Waals surface area contributed by atoms with Crippen molar-refractivity contribution in [3.8, 4) is 0 Å². The lowest BCUT2D eigenvalue weighted by Crippen LogP contribution is -3.14. The number of halogens is 1. The summed E-state index contributed by atoms with van der Waals surface area (Å²) >= 11 is 7.95. The molecule has 1 aliphatic rings. The molecule has 0 spiro atoms. The molecule has 116 valence electrons. The minimum atomic E-state index is 0.0708. The van der Waals surface area contributed by atoms with Crippen LogP contribution in [0.25, 0.3) is 10.1 Å². The number of quaternary nitrogens is 1. The van der Waals surface area contributed by atoms with Gasteiger partial charge in [-0.1, -0.05) is 30.3 Å². The highest BCUT2D eigenvalue weighted by Gasteiger charge is 2.27. The van der Waals surface area contributed by atoms with E-state index in [4.69, 9.17) is 11.6 Å². The van der Waals surface area contributed by atoms with Crippen molar-refractivity contribution in [1.29, 1.82) is 0 Å². The molecule has 2 aromatic rings. The van der Waals surface area contributed by atoms with Crippen molar-refractivity contribution in [3.05, 3.63) is 46.3 Å². The Balaban J connectivity index is 1.81. The molecule has 1 aliphatic heterocycles. The number of nitrogens with zero attached hydrogens (tertiary/aromatic N) is 1. The summed E-state index contributed by atoms with van der Waals surface area (Å²) in [6, 6.07) is 6.13. The summed E-state index contributed by atoms with van der Waals surface area (Å²) < 4.78 is 1.09. The predicted octanol–water partition coefficient (Wildman–Crippen LogP) is 2.39. The van der Waals surface area contributed by atoms with Gasteiger partial charge in [-0.15, -0.1) is 11.3 Å². The van der Waals surface area contributed by atoms with E-state index in [-0.39, 0.29) is 5.91 Å². The fourth-order valence-corrected chi connectivity index (χ4v) is 4.47. The average molecular weight is 336 g/mol. The molecule has 1 aromatic carbocycles. The first kappa shape index (κ1) is 15.5. The van der Waals surface area contributed by atoms with Crippen LogP contribution in [-0.2, 0) is 0 Å². The van der Waals surface area contributed by atoms with Crippen LogP contribution in [0.4, 0.5) is 0 Å². The summed E-state index contributed by atoms with van der Waals surface area (Å²) in [4.78, 5) is 16.8. The van der Waals surface area contributed by atoms with Crippen molar-refractivity contribution in [2.75, 3.05) is 32.7 Å². The van der Waals surface area contributed by atoms with Gasteiger partial charge in [0.2, 0.25) is 0 Å². The molecule has 3 rings (SSSR count). The molecular weight excluding hydrogens is 316 g/mol. The number of piperazine rings is 1. The van der Waals surface area contributed by atoms with Gasteiger partial charge in [-0.2, -0.15) is 0 Å². The lowest BCUT2D eigenvalue weighted by molar-refractivity contribution is -0.898. The van der Waals surface area contributed by atoms with E-state index in [0.29, 0.717) is 9.90 Å². The molecule has 1 amide bonds. The number of benzene rings is 1. The lowest BCUT2D eigenvalue weighted by atomic mass is 10.2. The molecule has 1 aromatic heterocycles. The van der Waals surface area contributed by atoms with Crippen molar-refractivity contribution in [2.45, 2.75) is 6.92 Å². The van der Waals surface area contributed by atoms with E-state index in [9.17, 15) is 4.79 Å². The summed E-state index contributed by atoms with van der Waals surface area (Å²) in [6.07, 6.45) is 1.94. The second-order valence-corrected chi connectivity index (χ2v) is 7.21. The van der Waals surface area contributed by atoms with E-state index < -0.39 is 0 Å². The molecule has 3 nitrogen and oxygen atoms in total. The third-order valence-corrected chi connectivity index (χ3v) is 5.82. The van der Waals surface area contributed by atoms with Gasteiger partial charge in [-0.05, 0) is 24.6 Å². The molecule has 0 aliphatic carbocycles. The molecule has 0 radical (unpaired) electrons. The number of fused-ring (bicyclic) bond motifs is 1. The molecule has 22 heavy (non-hydrogen) atoms. The summed E-state index contributed by atoms with van der Waals surface area (Å²) in [5.74, 6) is 0.0708. The summed E-state index contributed by atoms with van der Waals surface area (Å²) in [5.41, 5.74) is 1.19. The van der Waals surface area contributed by atoms with Crippen LogP contribution >= 0.6 is 22.9 Å². The van der Waals surface area contributed by atoms with Crippen LogP contribution in [-0.4, -0.2) is 43.5 Å². The largest absolute Gasteiger partial charge is 0.329 e. The molecule has 0 atom stereocenters. The Labute approximate surface area is 139 Å². The van der Waals surface area contributed by atoms with Gasteiger partial charge in [-0.25, -0.2) is 0 Å². The third kappa shape index (κ3) is 2.91. The van der Waals surface area contributed by atoms with Gasteiger partial charge in [0, 0.05) is 10.1 Å². The first-order valence-electron chi connectivity index (χ1n) is 7.52. The predicted molar refractivity (Wildman–Crippen MR) is 93.2 cm³/mol. The molecule has 5 heteroatoms. The second-order valence-electron chi connectivity index (χ2n) is 5.78. The van der Waals surface area contributed by atoms with Crippen molar-refractivity contribution < 1.29 is 9.69 Å². The minimum Gasteiger partial charge on any atom is -0.329 e. The Hall–Kier alpha value is -1.36. The zero-order valence-corrected chi connectivity index (χ0v) is 14.3. The van der Waals surface area contributed by atoms with Crippen LogP contribution in [0.5, 0.6) is 0 Å². The highest BCUT2D eigenvalue weighted by Crippen LogP contribution is 2.36. The van der Waals surface area contributed by atoms with Crippen molar-refractivity contribution in [1.82, 2.24) is 4.90 Å². The van der Waals surface area contributed by atoms with Gasteiger partial charge >= 0.3 is 0 Å². The molecular formula is C17H20ClN2OS+. The zero-order chi connectivity index (χ0) is 15.7. The summed E-state index contributed by atoms with van der Waals surface area (Å²) in [6.45, 7) is 10.3. The van der Waals surface area contributed by atoms with Crippen LogP contribution < -0.4 is 4.90 Å². The minimum absolute atomic E-state index is 0.0708. The molecule has 1 saturated heterocycles. The highest BCUT2D eigenvalue weighted by molar-refractivity contribution is 7.21. The van der Waals surface area contributed by atoms with Crippen molar-refractivity contribution in [2.24, 2.45) is 0 Å². The van der Waals surface area contributed by atoms with Crippen LogP contribution in [0, 0.1) is 6.92 Å². The number of hydrogen-bond acceptors (Lipinski definition) is 2. The Morgan fingerprint density at radius 2 is 2.18 bits per heavy atom. The van der Waals surface area contributed by atoms with Crippen LogP contribution in [0.15, 0.2) is 30.9 Å². The molecule has 0 bridgehead atoms. The molecule has 1 N–H and O–H groups in total. The standard InChI is InChI=1S/C17H19ClN2OS/c1-3-6-19-7-9-20(10-8-19)17(21)16-15(18)13-5-4-12(2)11-14(13)22-16/h3-5,11H,1,6-10H2,2H3/p+1. The monoisotopic (exact) mass is 335 g/mol. The van der Waals surface area contributed by atoms with Crippen LogP contribution in [0.2, 0.25) is 5.02 Å². The van der Waals surface area contributed by atoms with Gasteiger partial charge in [-0.3, -0.25) is 4.79 Å². The quantitative estimate of drug-likeness (QED) is 0.856. The number of carbonyl (C=O) groups is 1. The number of nitrogens with one attached hydrogen (secondary N) is 1. The van der Waals surface area contributed by atoms with Crippen molar-refractivity contribution in [3.63, 3.8) is 0 Å². The van der Waals surface area contributed by atoms with E-state index in [1.54, 1.807) is 0 Å². The van der Waals surface area contributed by atoms with Gasteiger partial charge in [0.1, 0.15) is 4.88 Å². The zero-order valence-electron chi connectivity index (χ0n) is 12.7. The van der Waals surface area contributed by atoms with Crippen LogP contribution in [0.3, 0.4) is 0 Å². The maximum absolute atomic E-state index is 12.8. The van der Waals surface area contributed by atoms with Gasteiger partial charge in [0.05, 0.1) is 37.7 Å². The topological polar surface area (TPSA) is 24.8 Å². The highest BCUT2D eigenvalue weighted by atomic mass is 35.5. The fourth-order valence-electron chi connectivity index (χ4n) is 2.89. The van der Waals surface area contributed by atoms with E-state index in [1.807, 2.05) is 23.1 Å². The lowest BCUT2D eigenvalue weighted by Gasteiger charge is -2.31. The first-order chi connectivity index (χ1) is 10.6. The summed E-state index contributed by atoms with van der Waals surface area (Å²) in [5, 5.41) is 1.59. The maximum atomic E-state index is 12.8. The van der Waals surface area contributed by atoms with Gasteiger partial charge in [0.15, 0.2) is 0 Å². The molecule has 0 saturated carbocycles. The first-order valence-corrected chi connectivity index (χ1v) is 8.72. The Kier molecular flexibility index (Phi) is 4.52. The molecule has 2 heterocycles. The maximum Gasteiger partial charge on any atom is 0.265 e.